The predicted molar refractivity (Wildman–Crippen MR) is 66.1 cm³/mol. The highest BCUT2D eigenvalue weighted by atomic mass is 32.2. The van der Waals surface area contributed by atoms with E-state index in [2.05, 4.69) is 23.8 Å². The van der Waals surface area contributed by atoms with Crippen molar-refractivity contribution in [3.05, 3.63) is 11.4 Å². The molecule has 0 amide bonds. The highest BCUT2D eigenvalue weighted by Crippen LogP contribution is 2.24. The molecule has 0 fully saturated rings. The molecule has 2 N–H and O–H groups in total. The zero-order valence-electron chi connectivity index (χ0n) is 9.87. The second-order valence-electron chi connectivity index (χ2n) is 4.12. The van der Waals surface area contributed by atoms with Gasteiger partial charge < -0.3 is 5.73 Å². The van der Waals surface area contributed by atoms with Gasteiger partial charge in [0.2, 0.25) is 0 Å². The van der Waals surface area contributed by atoms with Crippen molar-refractivity contribution in [2.75, 3.05) is 11.5 Å². The van der Waals surface area contributed by atoms with Gasteiger partial charge in [0.05, 0.1) is 0 Å². The number of rotatable bonds is 4. The maximum Gasteiger partial charge on any atom is 0.131 e. The van der Waals surface area contributed by atoms with Crippen molar-refractivity contribution < 1.29 is 0 Å². The van der Waals surface area contributed by atoms with Crippen LogP contribution in [-0.2, 0) is 0 Å². The summed E-state index contributed by atoms with van der Waals surface area (Å²) in [6.07, 6.45) is 1.20. The SMILES string of the molecule is Cc1nc(N)c(C)c(SCCC(C)C)n1. The Morgan fingerprint density at radius 3 is 2.53 bits per heavy atom. The van der Waals surface area contributed by atoms with Crippen molar-refractivity contribution in [3.8, 4) is 0 Å². The molecule has 0 bridgehead atoms. The maximum atomic E-state index is 5.79. The van der Waals surface area contributed by atoms with E-state index in [1.165, 1.54) is 6.42 Å². The molecule has 0 aromatic carbocycles. The van der Waals surface area contributed by atoms with Crippen LogP contribution in [-0.4, -0.2) is 15.7 Å². The van der Waals surface area contributed by atoms with Crippen LogP contribution in [0.5, 0.6) is 0 Å². The lowest BCUT2D eigenvalue weighted by atomic mass is 10.2. The van der Waals surface area contributed by atoms with Gasteiger partial charge in [0, 0.05) is 5.56 Å². The van der Waals surface area contributed by atoms with Gasteiger partial charge in [-0.1, -0.05) is 13.8 Å². The van der Waals surface area contributed by atoms with Gasteiger partial charge in [-0.25, -0.2) is 9.97 Å². The van der Waals surface area contributed by atoms with Crippen molar-refractivity contribution in [1.29, 1.82) is 0 Å². The molecule has 0 aliphatic carbocycles. The van der Waals surface area contributed by atoms with E-state index in [1.807, 2.05) is 13.8 Å². The van der Waals surface area contributed by atoms with Crippen molar-refractivity contribution in [1.82, 2.24) is 9.97 Å². The van der Waals surface area contributed by atoms with Gasteiger partial charge >= 0.3 is 0 Å². The van der Waals surface area contributed by atoms with E-state index >= 15 is 0 Å². The molecule has 3 nitrogen and oxygen atoms in total. The molecule has 1 aromatic heterocycles. The van der Waals surface area contributed by atoms with Crippen LogP contribution in [0.4, 0.5) is 5.82 Å². The molecule has 1 rings (SSSR count). The molecular weight excluding hydrogens is 206 g/mol. The summed E-state index contributed by atoms with van der Waals surface area (Å²) in [5, 5.41) is 1.03. The Hall–Kier alpha value is -0.770. The molecule has 15 heavy (non-hydrogen) atoms. The summed E-state index contributed by atoms with van der Waals surface area (Å²) in [5.74, 6) is 3.19. The number of thioether (sulfide) groups is 1. The molecule has 0 saturated carbocycles. The number of aryl methyl sites for hydroxylation is 1. The molecule has 0 radical (unpaired) electrons. The lowest BCUT2D eigenvalue weighted by Gasteiger charge is -2.08. The molecule has 1 heterocycles. The summed E-state index contributed by atoms with van der Waals surface area (Å²) in [6, 6.07) is 0. The molecular formula is C11H19N3S. The van der Waals surface area contributed by atoms with E-state index in [0.717, 1.165) is 28.1 Å². The first kappa shape index (κ1) is 12.3. The Morgan fingerprint density at radius 1 is 1.27 bits per heavy atom. The number of aromatic nitrogens is 2. The van der Waals surface area contributed by atoms with E-state index in [1.54, 1.807) is 11.8 Å². The first-order chi connectivity index (χ1) is 7.00. The number of anilines is 1. The van der Waals surface area contributed by atoms with E-state index < -0.39 is 0 Å². The van der Waals surface area contributed by atoms with Gasteiger partial charge in [0.15, 0.2) is 0 Å². The van der Waals surface area contributed by atoms with Crippen LogP contribution in [0.1, 0.15) is 31.7 Å². The van der Waals surface area contributed by atoms with E-state index in [9.17, 15) is 0 Å². The fourth-order valence-corrected chi connectivity index (χ4v) is 2.46. The number of nitrogens with zero attached hydrogens (tertiary/aromatic N) is 2. The summed E-state index contributed by atoms with van der Waals surface area (Å²) in [6.45, 7) is 8.31. The standard InChI is InChI=1S/C11H19N3S/c1-7(2)5-6-15-11-8(3)10(12)13-9(4)14-11/h7H,5-6H2,1-4H3,(H2,12,13,14). The highest BCUT2D eigenvalue weighted by molar-refractivity contribution is 7.99. The minimum atomic E-state index is 0.606. The normalized spacial score (nSPS) is 11.0. The minimum absolute atomic E-state index is 0.606. The molecule has 4 heteroatoms. The average molecular weight is 225 g/mol. The Bertz CT molecular complexity index is 337. The summed E-state index contributed by atoms with van der Waals surface area (Å²) in [5.41, 5.74) is 6.80. The topological polar surface area (TPSA) is 51.8 Å². The Morgan fingerprint density at radius 2 is 1.93 bits per heavy atom. The smallest absolute Gasteiger partial charge is 0.131 e. The van der Waals surface area contributed by atoms with Crippen LogP contribution >= 0.6 is 11.8 Å². The number of hydrogen-bond donors (Lipinski definition) is 1. The minimum Gasteiger partial charge on any atom is -0.383 e. The molecule has 1 aromatic rings. The van der Waals surface area contributed by atoms with Gasteiger partial charge in [-0.15, -0.1) is 11.8 Å². The lowest BCUT2D eigenvalue weighted by Crippen LogP contribution is -2.02. The monoisotopic (exact) mass is 225 g/mol. The quantitative estimate of drug-likeness (QED) is 0.632. The van der Waals surface area contributed by atoms with Crippen LogP contribution in [0.2, 0.25) is 0 Å². The first-order valence-electron chi connectivity index (χ1n) is 5.24. The summed E-state index contributed by atoms with van der Waals surface area (Å²) in [4.78, 5) is 8.53. The number of hydrogen-bond acceptors (Lipinski definition) is 4. The summed E-state index contributed by atoms with van der Waals surface area (Å²) in [7, 11) is 0. The third kappa shape index (κ3) is 3.70. The van der Waals surface area contributed by atoms with Crippen LogP contribution in [0, 0.1) is 19.8 Å². The van der Waals surface area contributed by atoms with Crippen molar-refractivity contribution in [3.63, 3.8) is 0 Å². The van der Waals surface area contributed by atoms with Crippen molar-refractivity contribution >= 4 is 17.6 Å². The second-order valence-corrected chi connectivity index (χ2v) is 5.20. The molecule has 0 unspecified atom stereocenters. The van der Waals surface area contributed by atoms with E-state index in [-0.39, 0.29) is 0 Å². The fraction of sp³-hybridized carbons (Fsp3) is 0.636. The highest BCUT2D eigenvalue weighted by Gasteiger charge is 2.07. The Kier molecular flexibility index (Phi) is 4.39. The summed E-state index contributed by atoms with van der Waals surface area (Å²) < 4.78 is 0. The van der Waals surface area contributed by atoms with E-state index in [0.29, 0.717) is 5.82 Å². The largest absolute Gasteiger partial charge is 0.383 e. The van der Waals surface area contributed by atoms with Gasteiger partial charge in [0.1, 0.15) is 16.7 Å². The molecule has 0 aliphatic heterocycles. The third-order valence-electron chi connectivity index (χ3n) is 2.18. The Labute approximate surface area is 95.9 Å². The average Bonchev–Trinajstić information content (AvgIpc) is 2.12. The van der Waals surface area contributed by atoms with Gasteiger partial charge in [0.25, 0.3) is 0 Å². The predicted octanol–water partition coefficient (Wildman–Crippen LogP) is 2.81. The van der Waals surface area contributed by atoms with Crippen LogP contribution < -0.4 is 5.73 Å². The molecule has 0 spiro atoms. The van der Waals surface area contributed by atoms with Gasteiger partial charge in [-0.3, -0.25) is 0 Å². The number of nitrogen functional groups attached to an aromatic ring is 1. The third-order valence-corrected chi connectivity index (χ3v) is 3.30. The molecule has 0 aliphatic rings. The lowest BCUT2D eigenvalue weighted by molar-refractivity contribution is 0.632. The zero-order chi connectivity index (χ0) is 11.4. The van der Waals surface area contributed by atoms with Crippen LogP contribution in [0.15, 0.2) is 5.03 Å². The van der Waals surface area contributed by atoms with Crippen molar-refractivity contribution in [2.45, 2.75) is 39.1 Å². The first-order valence-corrected chi connectivity index (χ1v) is 6.22. The number of nitrogens with two attached hydrogens (primary N) is 1. The second kappa shape index (κ2) is 5.35. The molecule has 84 valence electrons. The van der Waals surface area contributed by atoms with Crippen molar-refractivity contribution in [2.24, 2.45) is 5.92 Å². The van der Waals surface area contributed by atoms with Gasteiger partial charge in [-0.2, -0.15) is 0 Å². The zero-order valence-corrected chi connectivity index (χ0v) is 10.7. The fourth-order valence-electron chi connectivity index (χ4n) is 1.16. The summed E-state index contributed by atoms with van der Waals surface area (Å²) >= 11 is 1.77. The van der Waals surface area contributed by atoms with E-state index in [4.69, 9.17) is 5.73 Å². The molecule has 0 atom stereocenters. The van der Waals surface area contributed by atoms with Crippen LogP contribution in [0.3, 0.4) is 0 Å². The molecule has 0 saturated heterocycles. The maximum absolute atomic E-state index is 5.79. The Balaban J connectivity index is 2.68. The van der Waals surface area contributed by atoms with Gasteiger partial charge in [-0.05, 0) is 31.9 Å². The van der Waals surface area contributed by atoms with Crippen LogP contribution in [0.25, 0.3) is 0 Å².